The van der Waals surface area contributed by atoms with Crippen molar-refractivity contribution >= 4 is 17.7 Å². The monoisotopic (exact) mass is 322 g/mol. The van der Waals surface area contributed by atoms with Crippen LogP contribution in [0.15, 0.2) is 29.2 Å². The molecule has 1 aromatic carbocycles. The minimum Gasteiger partial charge on any atom is -0.479 e. The van der Waals surface area contributed by atoms with Crippen LogP contribution in [0, 0.1) is 0 Å². The molecule has 0 aromatic heterocycles. The molecule has 6 heteroatoms. The van der Waals surface area contributed by atoms with E-state index in [2.05, 4.69) is 4.90 Å². The van der Waals surface area contributed by atoms with Gasteiger partial charge in [-0.3, -0.25) is 9.69 Å². The summed E-state index contributed by atoms with van der Waals surface area (Å²) in [5.41, 5.74) is 0. The van der Waals surface area contributed by atoms with Gasteiger partial charge in [0.05, 0.1) is 6.10 Å². The lowest BCUT2D eigenvalue weighted by atomic mass is 10.2. The summed E-state index contributed by atoms with van der Waals surface area (Å²) >= 11 is 1.68. The lowest BCUT2D eigenvalue weighted by molar-refractivity contribution is -0.139. The van der Waals surface area contributed by atoms with Crippen LogP contribution in [0.25, 0.3) is 0 Å². The number of carbonyl (C=O) groups excluding carboxylic acids is 1. The van der Waals surface area contributed by atoms with E-state index in [0.717, 1.165) is 23.7 Å². The van der Waals surface area contributed by atoms with Gasteiger partial charge in [0, 0.05) is 43.4 Å². The molecule has 1 N–H and O–H groups in total. The summed E-state index contributed by atoms with van der Waals surface area (Å²) in [5, 5.41) is 9.43. The summed E-state index contributed by atoms with van der Waals surface area (Å²) in [4.78, 5) is 17.8. The van der Waals surface area contributed by atoms with Gasteiger partial charge in [0.15, 0.2) is 6.10 Å². The zero-order valence-electron chi connectivity index (χ0n) is 12.8. The number of para-hydroxylation sites is 1. The number of nitrogens with zero attached hydrogens (tertiary/aromatic N) is 2. The number of carbonyl (C=O) groups is 1. The second kappa shape index (κ2) is 6.89. The van der Waals surface area contributed by atoms with Crippen molar-refractivity contribution in [2.45, 2.75) is 24.0 Å². The molecule has 0 aliphatic carbocycles. The molecule has 2 aliphatic heterocycles. The minimum atomic E-state index is -0.386. The molecule has 3 rings (SSSR count). The van der Waals surface area contributed by atoms with Crippen molar-refractivity contribution in [3.05, 3.63) is 24.3 Å². The molecular formula is C16H22N2O3S. The first-order chi connectivity index (χ1) is 10.6. The molecule has 0 unspecified atom stereocenters. The maximum atomic E-state index is 12.6. The van der Waals surface area contributed by atoms with E-state index in [0.29, 0.717) is 25.4 Å². The average molecular weight is 322 g/mol. The maximum absolute atomic E-state index is 12.6. The van der Waals surface area contributed by atoms with Crippen LogP contribution in [0.5, 0.6) is 5.75 Å². The minimum absolute atomic E-state index is 0.0821. The molecule has 1 amide bonds. The van der Waals surface area contributed by atoms with Gasteiger partial charge in [-0.2, -0.15) is 0 Å². The molecule has 2 heterocycles. The van der Waals surface area contributed by atoms with E-state index in [1.165, 1.54) is 0 Å². The number of aliphatic hydroxyl groups excluding tert-OH is 1. The molecule has 1 fully saturated rings. The number of β-amino-alcohol motifs (C(OH)–C–C–N with tert-alkyl or cyclic N) is 1. The Kier molecular flexibility index (Phi) is 4.90. The largest absolute Gasteiger partial charge is 0.479 e. The SMILES string of the molecule is C[C@H](O)CN1CCN(C(=O)[C@@H]2CSc3ccccc3O2)CC1. The highest BCUT2D eigenvalue weighted by Crippen LogP contribution is 2.35. The average Bonchev–Trinajstić information content (AvgIpc) is 2.54. The number of rotatable bonds is 3. The Morgan fingerprint density at radius 2 is 2.09 bits per heavy atom. The Morgan fingerprint density at radius 3 is 2.82 bits per heavy atom. The van der Waals surface area contributed by atoms with Gasteiger partial charge in [-0.25, -0.2) is 0 Å². The van der Waals surface area contributed by atoms with E-state index in [1.54, 1.807) is 18.7 Å². The molecular weight excluding hydrogens is 300 g/mol. The summed E-state index contributed by atoms with van der Waals surface area (Å²) in [6.07, 6.45) is -0.708. The van der Waals surface area contributed by atoms with Crippen molar-refractivity contribution in [1.29, 1.82) is 0 Å². The van der Waals surface area contributed by atoms with E-state index in [-0.39, 0.29) is 18.1 Å². The predicted octanol–water partition coefficient (Wildman–Crippen LogP) is 1.06. The predicted molar refractivity (Wildman–Crippen MR) is 86.3 cm³/mol. The van der Waals surface area contributed by atoms with Gasteiger partial charge in [0.1, 0.15) is 5.75 Å². The van der Waals surface area contributed by atoms with E-state index >= 15 is 0 Å². The molecule has 0 bridgehead atoms. The van der Waals surface area contributed by atoms with Crippen molar-refractivity contribution in [3.8, 4) is 5.75 Å². The van der Waals surface area contributed by atoms with Crippen LogP contribution in [0.3, 0.4) is 0 Å². The Balaban J connectivity index is 1.55. The Bertz CT molecular complexity index is 530. The molecule has 1 saturated heterocycles. The number of piperazine rings is 1. The first-order valence-electron chi connectivity index (χ1n) is 7.71. The van der Waals surface area contributed by atoms with Crippen LogP contribution in [0.2, 0.25) is 0 Å². The fraction of sp³-hybridized carbons (Fsp3) is 0.562. The molecule has 2 aliphatic rings. The van der Waals surface area contributed by atoms with Gasteiger partial charge >= 0.3 is 0 Å². The molecule has 5 nitrogen and oxygen atoms in total. The smallest absolute Gasteiger partial charge is 0.264 e. The number of thioether (sulfide) groups is 1. The quantitative estimate of drug-likeness (QED) is 0.902. The topological polar surface area (TPSA) is 53.0 Å². The van der Waals surface area contributed by atoms with Gasteiger partial charge in [0.2, 0.25) is 0 Å². The second-order valence-corrected chi connectivity index (χ2v) is 6.90. The number of benzene rings is 1. The van der Waals surface area contributed by atoms with E-state index in [1.807, 2.05) is 29.2 Å². The molecule has 22 heavy (non-hydrogen) atoms. The number of hydrogen-bond acceptors (Lipinski definition) is 5. The summed E-state index contributed by atoms with van der Waals surface area (Å²) in [6.45, 7) is 5.50. The number of fused-ring (bicyclic) bond motifs is 1. The standard InChI is InChI=1S/C16H22N2O3S/c1-12(19)10-17-6-8-18(9-7-17)16(20)14-11-22-15-5-3-2-4-13(15)21-14/h2-5,12,14,19H,6-11H2,1H3/t12-,14-/m0/s1. The van der Waals surface area contributed by atoms with Crippen molar-refractivity contribution < 1.29 is 14.6 Å². The second-order valence-electron chi connectivity index (χ2n) is 5.84. The highest BCUT2D eigenvalue weighted by Gasteiger charge is 2.32. The number of amides is 1. The molecule has 1 aromatic rings. The molecule has 0 saturated carbocycles. The number of ether oxygens (including phenoxy) is 1. The summed E-state index contributed by atoms with van der Waals surface area (Å²) in [5.74, 6) is 1.56. The lowest BCUT2D eigenvalue weighted by Gasteiger charge is -2.37. The maximum Gasteiger partial charge on any atom is 0.264 e. The summed E-state index contributed by atoms with van der Waals surface area (Å²) in [6, 6.07) is 7.86. The third kappa shape index (κ3) is 3.56. The van der Waals surface area contributed by atoms with E-state index in [9.17, 15) is 9.90 Å². The van der Waals surface area contributed by atoms with Crippen molar-refractivity contribution in [1.82, 2.24) is 9.80 Å². The van der Waals surface area contributed by atoms with Crippen LogP contribution in [0.1, 0.15) is 6.92 Å². The van der Waals surface area contributed by atoms with Gasteiger partial charge in [-0.05, 0) is 19.1 Å². The highest BCUT2D eigenvalue weighted by molar-refractivity contribution is 7.99. The first-order valence-corrected chi connectivity index (χ1v) is 8.70. The fourth-order valence-corrected chi connectivity index (χ4v) is 3.84. The first kappa shape index (κ1) is 15.6. The lowest BCUT2D eigenvalue weighted by Crippen LogP contribution is -2.54. The van der Waals surface area contributed by atoms with Crippen LogP contribution in [0.4, 0.5) is 0 Å². The van der Waals surface area contributed by atoms with E-state index < -0.39 is 0 Å². The van der Waals surface area contributed by atoms with Crippen LogP contribution in [-0.2, 0) is 4.79 Å². The van der Waals surface area contributed by atoms with Crippen molar-refractivity contribution in [2.75, 3.05) is 38.5 Å². The van der Waals surface area contributed by atoms with Gasteiger partial charge in [-0.15, -0.1) is 11.8 Å². The third-order valence-corrected chi connectivity index (χ3v) is 5.11. The number of hydrogen-bond donors (Lipinski definition) is 1. The fourth-order valence-electron chi connectivity index (χ4n) is 2.87. The van der Waals surface area contributed by atoms with Crippen molar-refractivity contribution in [2.24, 2.45) is 0 Å². The van der Waals surface area contributed by atoms with Crippen LogP contribution >= 0.6 is 11.8 Å². The Hall–Kier alpha value is -1.24. The Morgan fingerprint density at radius 1 is 1.36 bits per heavy atom. The van der Waals surface area contributed by atoms with Gasteiger partial charge in [-0.1, -0.05) is 12.1 Å². The third-order valence-electron chi connectivity index (χ3n) is 3.99. The van der Waals surface area contributed by atoms with Crippen LogP contribution < -0.4 is 4.74 Å². The molecule has 2 atom stereocenters. The molecule has 0 spiro atoms. The van der Waals surface area contributed by atoms with Crippen molar-refractivity contribution in [3.63, 3.8) is 0 Å². The highest BCUT2D eigenvalue weighted by atomic mass is 32.2. The molecule has 0 radical (unpaired) electrons. The Labute approximate surface area is 135 Å². The van der Waals surface area contributed by atoms with Gasteiger partial charge < -0.3 is 14.7 Å². The summed E-state index contributed by atoms with van der Waals surface area (Å²) in [7, 11) is 0. The zero-order valence-corrected chi connectivity index (χ0v) is 13.6. The van der Waals surface area contributed by atoms with Gasteiger partial charge in [0.25, 0.3) is 5.91 Å². The zero-order chi connectivity index (χ0) is 15.5. The summed E-state index contributed by atoms with van der Waals surface area (Å²) < 4.78 is 5.87. The molecule has 120 valence electrons. The van der Waals surface area contributed by atoms with E-state index in [4.69, 9.17) is 4.74 Å². The van der Waals surface area contributed by atoms with Crippen LogP contribution in [-0.4, -0.2) is 71.5 Å². The number of aliphatic hydroxyl groups is 1. The normalized spacial score (nSPS) is 23.5.